The number of rotatable bonds is 42. The van der Waals surface area contributed by atoms with Crippen LogP contribution < -0.4 is 19.6 Å². The molecule has 0 saturated heterocycles. The first-order valence-corrected chi connectivity index (χ1v) is 43.9. The molecule has 2 atom stereocenters. The van der Waals surface area contributed by atoms with Crippen molar-refractivity contribution >= 4 is 65.9 Å². The summed E-state index contributed by atoms with van der Waals surface area (Å²) in [6, 6.07) is 43.7. The van der Waals surface area contributed by atoms with Gasteiger partial charge in [-0.2, -0.15) is 0 Å². The summed E-state index contributed by atoms with van der Waals surface area (Å²) in [6.45, 7) is 25.2. The molecule has 0 radical (unpaired) electrons. The first-order chi connectivity index (χ1) is 49.3. The number of benzene rings is 4. The first kappa shape index (κ1) is 81.9. The average Bonchev–Trinajstić information content (AvgIpc) is 1.66. The maximum absolute atomic E-state index is 5.08. The number of hydrogen-bond donors (Lipinski definition) is 0. The summed E-state index contributed by atoms with van der Waals surface area (Å²) in [5.41, 5.74) is 9.39. The molecule has 4 aromatic heterocycles. The van der Waals surface area contributed by atoms with Crippen molar-refractivity contribution in [3.05, 3.63) is 143 Å². The third-order valence-corrected chi connectivity index (χ3v) is 23.9. The second-order valence-corrected chi connectivity index (χ2v) is 31.8. The zero-order valence-electron chi connectivity index (χ0n) is 63.7. The van der Waals surface area contributed by atoms with Gasteiger partial charge >= 0.3 is 0 Å². The first-order valence-electron chi connectivity index (χ1n) is 40.4. The fraction of sp³-hybridized carbons (Fsp3) is 0.591. The largest absolute Gasteiger partial charge is 0.348 e. The Morgan fingerprint density at radius 2 is 0.590 bits per heavy atom. The molecule has 2 fully saturated rings. The van der Waals surface area contributed by atoms with Gasteiger partial charge < -0.3 is 19.6 Å². The van der Waals surface area contributed by atoms with Crippen LogP contribution in [0, 0.1) is 11.8 Å². The molecule has 8 aromatic rings. The van der Waals surface area contributed by atoms with Gasteiger partial charge in [0.05, 0.1) is 22.8 Å². The SMILES string of the molecule is CCCCC(CC)CN(CC(CC)CCCC)c1nc(-c2ccccc2)cs1.CCCCCCCCN(CCCCCCCC)c1nc(-c2ccccc2)cs1.CCCCN(CCCC)c1nc(-c2ccccc2)cs1.c1ccc(-c2csc(N(C3CCCCC3)C3CCCCC3)n2)cc1. The van der Waals surface area contributed by atoms with Crippen LogP contribution in [-0.4, -0.2) is 71.3 Å². The van der Waals surface area contributed by atoms with Gasteiger partial charge in [0.15, 0.2) is 20.5 Å². The van der Waals surface area contributed by atoms with Gasteiger partial charge in [-0.3, -0.25) is 0 Å². The molecule has 2 unspecified atom stereocenters. The van der Waals surface area contributed by atoms with Gasteiger partial charge in [-0.05, 0) is 76.0 Å². The molecule has 2 aliphatic rings. The molecule has 0 N–H and O–H groups in total. The predicted molar refractivity (Wildman–Crippen MR) is 446 cm³/mol. The second-order valence-electron chi connectivity index (χ2n) is 28.5. The Kier molecular flexibility index (Phi) is 41.0. The summed E-state index contributed by atoms with van der Waals surface area (Å²) in [5, 5.41) is 13.7. The molecule has 10 rings (SSSR count). The Bertz CT molecular complexity index is 3160. The minimum atomic E-state index is 0.719. The smallest absolute Gasteiger partial charge is 0.186 e. The zero-order chi connectivity index (χ0) is 70.5. The molecule has 0 spiro atoms. The summed E-state index contributed by atoms with van der Waals surface area (Å²) >= 11 is 7.25. The van der Waals surface area contributed by atoms with Gasteiger partial charge in [0.25, 0.3) is 0 Å². The van der Waals surface area contributed by atoms with Gasteiger partial charge in [0.2, 0.25) is 0 Å². The van der Waals surface area contributed by atoms with Crippen LogP contribution in [0.15, 0.2) is 143 Å². The molecule has 0 amide bonds. The lowest BCUT2D eigenvalue weighted by Gasteiger charge is -2.41. The lowest BCUT2D eigenvalue weighted by molar-refractivity contribution is 0.339. The van der Waals surface area contributed by atoms with Gasteiger partial charge in [0, 0.05) is 95.1 Å². The highest BCUT2D eigenvalue weighted by Gasteiger charge is 2.31. The van der Waals surface area contributed by atoms with Crippen LogP contribution in [0.1, 0.15) is 274 Å². The van der Waals surface area contributed by atoms with E-state index in [0.717, 1.165) is 86.0 Å². The summed E-state index contributed by atoms with van der Waals surface area (Å²) in [7, 11) is 0. The third kappa shape index (κ3) is 29.4. The van der Waals surface area contributed by atoms with Crippen molar-refractivity contribution in [1.29, 1.82) is 0 Å². The number of anilines is 4. The Labute approximate surface area is 625 Å². The van der Waals surface area contributed by atoms with Crippen molar-refractivity contribution in [3.63, 3.8) is 0 Å². The van der Waals surface area contributed by atoms with Gasteiger partial charge in [-0.1, -0.05) is 331 Å². The highest BCUT2D eigenvalue weighted by atomic mass is 32.1. The molecule has 4 heterocycles. The minimum Gasteiger partial charge on any atom is -0.348 e. The molecular formula is C88H132N8S4. The van der Waals surface area contributed by atoms with Crippen LogP contribution >= 0.6 is 45.3 Å². The summed E-state index contributed by atoms with van der Waals surface area (Å²) in [4.78, 5) is 30.3. The quantitative estimate of drug-likeness (QED) is 0.0351. The van der Waals surface area contributed by atoms with E-state index in [-0.39, 0.29) is 0 Å². The lowest BCUT2D eigenvalue weighted by atomic mass is 9.89. The van der Waals surface area contributed by atoms with Crippen molar-refractivity contribution in [3.8, 4) is 45.0 Å². The molecular weight excluding hydrogens is 1300 g/mol. The van der Waals surface area contributed by atoms with E-state index >= 15 is 0 Å². The summed E-state index contributed by atoms with van der Waals surface area (Å²) in [5.74, 6) is 1.54. The van der Waals surface area contributed by atoms with Crippen LogP contribution in [-0.2, 0) is 0 Å². The standard InChI is InChI=1S/2C25H40N2S.C21H28N2S.C17H24N2S/c1-5-9-14-21(7-3)18-27(19-22(8-4)15-10-6-2)25-26-24(20-28-25)23-16-12-11-13-17-23;1-3-5-7-9-11-16-20-27(21-17-12-10-8-6-4-2)25-26-24(22-28-25)23-18-14-13-15-19-23;1-4-10-17(11-5-1)20-16-24-21(22-20)23(18-12-6-2-7-13-18)19-14-8-3-9-15-19;1-3-5-12-19(13-6-4-2)17-18-16(14-20-17)15-10-8-7-9-11-15/h11-13,16-17,20-22H,5-10,14-15,18-19H2,1-4H3;13-15,18-19,22H,3-12,16-17,20-21H2,1-2H3;1,4-5,10-11,16,18-19H,2-3,6-9,12-15H2;7-11,14H,3-6,12-13H2,1-2H3. The average molecular weight is 1430 g/mol. The van der Waals surface area contributed by atoms with Crippen molar-refractivity contribution < 1.29 is 0 Å². The molecule has 0 bridgehead atoms. The normalized spacial score (nSPS) is 13.8. The maximum atomic E-state index is 5.08. The molecule has 8 nitrogen and oxygen atoms in total. The van der Waals surface area contributed by atoms with E-state index in [1.165, 1.54) is 261 Å². The van der Waals surface area contributed by atoms with E-state index in [1.54, 1.807) is 11.3 Å². The number of hydrogen-bond acceptors (Lipinski definition) is 12. The number of nitrogens with zero attached hydrogens (tertiary/aromatic N) is 8. The second kappa shape index (κ2) is 50.1. The van der Waals surface area contributed by atoms with Crippen LogP contribution in [0.25, 0.3) is 45.0 Å². The highest BCUT2D eigenvalue weighted by Crippen LogP contribution is 2.39. The monoisotopic (exact) mass is 1430 g/mol. The number of unbranched alkanes of at least 4 members (excludes halogenated alkanes) is 14. The van der Waals surface area contributed by atoms with Crippen molar-refractivity contribution in [1.82, 2.24) is 19.9 Å². The molecule has 0 aliphatic heterocycles. The predicted octanol–water partition coefficient (Wildman–Crippen LogP) is 27.9. The molecule has 100 heavy (non-hydrogen) atoms. The Morgan fingerprint density at radius 3 is 0.910 bits per heavy atom. The lowest BCUT2D eigenvalue weighted by Crippen LogP contribution is -2.45. The van der Waals surface area contributed by atoms with Crippen molar-refractivity contribution in [2.75, 3.05) is 58.9 Å². The van der Waals surface area contributed by atoms with E-state index in [1.807, 2.05) is 40.1 Å². The molecule has 4 aromatic carbocycles. The van der Waals surface area contributed by atoms with Crippen LogP contribution in [0.3, 0.4) is 0 Å². The van der Waals surface area contributed by atoms with E-state index in [4.69, 9.17) is 19.9 Å². The highest BCUT2D eigenvalue weighted by molar-refractivity contribution is 7.15. The fourth-order valence-corrected chi connectivity index (χ4v) is 17.7. The number of aromatic nitrogens is 4. The van der Waals surface area contributed by atoms with Crippen molar-refractivity contribution in [2.24, 2.45) is 11.8 Å². The Morgan fingerprint density at radius 1 is 0.310 bits per heavy atom. The van der Waals surface area contributed by atoms with E-state index in [9.17, 15) is 0 Å². The summed E-state index contributed by atoms with van der Waals surface area (Å²) in [6.07, 6.45) is 45.5. The molecule has 2 aliphatic carbocycles. The Balaban J connectivity index is 0.000000189. The molecule has 12 heteroatoms. The third-order valence-electron chi connectivity index (χ3n) is 20.4. The van der Waals surface area contributed by atoms with E-state index in [0.29, 0.717) is 0 Å². The fourth-order valence-electron chi connectivity index (χ4n) is 14.1. The Hall–Kier alpha value is -5.40. The topological polar surface area (TPSA) is 64.5 Å². The van der Waals surface area contributed by atoms with Crippen LogP contribution in [0.2, 0.25) is 0 Å². The summed E-state index contributed by atoms with van der Waals surface area (Å²) < 4.78 is 0. The van der Waals surface area contributed by atoms with Crippen LogP contribution in [0.4, 0.5) is 20.5 Å². The van der Waals surface area contributed by atoms with E-state index < -0.39 is 0 Å². The zero-order valence-corrected chi connectivity index (χ0v) is 66.9. The van der Waals surface area contributed by atoms with Gasteiger partial charge in [0.1, 0.15) is 0 Å². The van der Waals surface area contributed by atoms with E-state index in [2.05, 4.69) is 212 Å². The molecule has 2 saturated carbocycles. The minimum absolute atomic E-state index is 0.719. The van der Waals surface area contributed by atoms with Crippen LogP contribution in [0.5, 0.6) is 0 Å². The van der Waals surface area contributed by atoms with Gasteiger partial charge in [-0.25, -0.2) is 19.9 Å². The van der Waals surface area contributed by atoms with Gasteiger partial charge in [-0.15, -0.1) is 45.3 Å². The number of thiazole rings is 4. The van der Waals surface area contributed by atoms with Crippen molar-refractivity contribution in [2.45, 2.75) is 286 Å². The maximum Gasteiger partial charge on any atom is 0.186 e. The molecule has 548 valence electrons.